The van der Waals surface area contributed by atoms with Crippen molar-refractivity contribution in [2.75, 3.05) is 46.5 Å². The number of amides is 2. The van der Waals surface area contributed by atoms with Crippen LogP contribution in [0.4, 0.5) is 4.79 Å². The molecule has 1 aliphatic heterocycles. The number of hydrogen-bond donors (Lipinski definition) is 1. The fourth-order valence-corrected chi connectivity index (χ4v) is 1.76. The maximum absolute atomic E-state index is 12.2. The number of aliphatic carboxylic acids is 1. The maximum Gasteiger partial charge on any atom is 0.334 e. The Hall–Kier alpha value is -1.34. The van der Waals surface area contributed by atoms with Crippen LogP contribution >= 0.6 is 0 Å². The Morgan fingerprint density at radius 1 is 1.56 bits per heavy atom. The molecule has 104 valence electrons. The van der Waals surface area contributed by atoms with Gasteiger partial charge in [-0.25, -0.2) is 9.59 Å². The van der Waals surface area contributed by atoms with Crippen molar-refractivity contribution in [3.05, 3.63) is 0 Å². The molecule has 1 N–H and O–H groups in total. The van der Waals surface area contributed by atoms with Crippen molar-refractivity contribution in [2.24, 2.45) is 0 Å². The van der Waals surface area contributed by atoms with Gasteiger partial charge in [0.05, 0.1) is 19.8 Å². The molecule has 2 amide bonds. The minimum absolute atomic E-state index is 0.0949. The molecule has 1 heterocycles. The van der Waals surface area contributed by atoms with Gasteiger partial charge in [-0.05, 0) is 6.92 Å². The van der Waals surface area contributed by atoms with Crippen LogP contribution in [0.5, 0.6) is 0 Å². The maximum atomic E-state index is 12.2. The third-order valence-corrected chi connectivity index (χ3v) is 2.83. The molecule has 1 saturated heterocycles. The molecule has 1 rings (SSSR count). The van der Waals surface area contributed by atoms with Crippen LogP contribution in [0.25, 0.3) is 0 Å². The largest absolute Gasteiger partial charge is 0.479 e. The number of morpholine rings is 1. The van der Waals surface area contributed by atoms with E-state index in [1.54, 1.807) is 12.0 Å². The number of ether oxygens (including phenoxy) is 2. The van der Waals surface area contributed by atoms with E-state index in [9.17, 15) is 9.59 Å². The van der Waals surface area contributed by atoms with E-state index in [4.69, 9.17) is 14.6 Å². The first-order chi connectivity index (χ1) is 8.60. The van der Waals surface area contributed by atoms with Gasteiger partial charge in [0.1, 0.15) is 0 Å². The van der Waals surface area contributed by atoms with Crippen LogP contribution in [0.1, 0.15) is 6.92 Å². The topological polar surface area (TPSA) is 79.3 Å². The van der Waals surface area contributed by atoms with Crippen molar-refractivity contribution in [2.45, 2.75) is 13.0 Å². The van der Waals surface area contributed by atoms with E-state index >= 15 is 0 Å². The second-order valence-electron chi connectivity index (χ2n) is 4.00. The smallest absolute Gasteiger partial charge is 0.334 e. The highest BCUT2D eigenvalue weighted by molar-refractivity contribution is 5.77. The molecule has 0 aromatic carbocycles. The highest BCUT2D eigenvalue weighted by Gasteiger charge is 2.30. The number of carboxylic acid groups (broad SMARTS) is 1. The lowest BCUT2D eigenvalue weighted by Crippen LogP contribution is -2.53. The Morgan fingerprint density at radius 2 is 2.28 bits per heavy atom. The summed E-state index contributed by atoms with van der Waals surface area (Å²) in [5, 5.41) is 8.88. The summed E-state index contributed by atoms with van der Waals surface area (Å²) >= 11 is 0. The molecule has 0 aromatic rings. The Kier molecular flexibility index (Phi) is 5.87. The Bertz CT molecular complexity index is 297. The molecular formula is C11H20N2O5. The fraction of sp³-hybridized carbons (Fsp3) is 0.818. The average molecular weight is 260 g/mol. The molecule has 0 saturated carbocycles. The van der Waals surface area contributed by atoms with E-state index in [2.05, 4.69) is 0 Å². The summed E-state index contributed by atoms with van der Waals surface area (Å²) < 4.78 is 10.0. The molecule has 1 fully saturated rings. The van der Waals surface area contributed by atoms with E-state index in [-0.39, 0.29) is 19.2 Å². The third kappa shape index (κ3) is 3.85. The Morgan fingerprint density at radius 3 is 2.83 bits per heavy atom. The minimum Gasteiger partial charge on any atom is -0.479 e. The third-order valence-electron chi connectivity index (χ3n) is 2.83. The van der Waals surface area contributed by atoms with Gasteiger partial charge in [0, 0.05) is 26.7 Å². The van der Waals surface area contributed by atoms with Crippen molar-refractivity contribution in [1.82, 2.24) is 9.80 Å². The van der Waals surface area contributed by atoms with Crippen LogP contribution in [-0.4, -0.2) is 79.5 Å². The molecule has 1 atom stereocenters. The van der Waals surface area contributed by atoms with E-state index in [0.29, 0.717) is 26.2 Å². The number of methoxy groups -OCH3 is 1. The number of carbonyl (C=O) groups is 2. The number of rotatable bonds is 5. The van der Waals surface area contributed by atoms with Gasteiger partial charge in [0.15, 0.2) is 6.10 Å². The van der Waals surface area contributed by atoms with Gasteiger partial charge >= 0.3 is 12.0 Å². The van der Waals surface area contributed by atoms with Gasteiger partial charge in [0.2, 0.25) is 0 Å². The summed E-state index contributed by atoms with van der Waals surface area (Å²) in [6.07, 6.45) is -0.927. The van der Waals surface area contributed by atoms with Gasteiger partial charge < -0.3 is 24.4 Å². The summed E-state index contributed by atoms with van der Waals surface area (Å²) in [6.45, 7) is 4.18. The monoisotopic (exact) mass is 260 g/mol. The van der Waals surface area contributed by atoms with Gasteiger partial charge in [-0.1, -0.05) is 0 Å². The minimum atomic E-state index is -1.03. The van der Waals surface area contributed by atoms with Crippen LogP contribution in [0.2, 0.25) is 0 Å². The van der Waals surface area contributed by atoms with Crippen LogP contribution in [0.15, 0.2) is 0 Å². The van der Waals surface area contributed by atoms with Crippen molar-refractivity contribution in [1.29, 1.82) is 0 Å². The standard InChI is InChI=1S/C11H20N2O5/c1-3-12(4-6-17-2)11(16)13-5-7-18-9(8-13)10(14)15/h9H,3-8H2,1-2H3,(H,14,15). The number of nitrogens with zero attached hydrogens (tertiary/aromatic N) is 2. The molecular weight excluding hydrogens is 240 g/mol. The first-order valence-corrected chi connectivity index (χ1v) is 5.97. The molecule has 0 aromatic heterocycles. The first-order valence-electron chi connectivity index (χ1n) is 5.97. The number of hydrogen-bond acceptors (Lipinski definition) is 4. The van der Waals surface area contributed by atoms with Crippen molar-refractivity contribution >= 4 is 12.0 Å². The molecule has 7 heteroatoms. The number of carboxylic acids is 1. The summed E-state index contributed by atoms with van der Waals surface area (Å²) in [5.74, 6) is -1.03. The summed E-state index contributed by atoms with van der Waals surface area (Å²) in [4.78, 5) is 26.1. The van der Waals surface area contributed by atoms with Gasteiger partial charge in [0.25, 0.3) is 0 Å². The molecule has 1 aliphatic rings. The Labute approximate surface area is 106 Å². The molecule has 7 nitrogen and oxygen atoms in total. The highest BCUT2D eigenvalue weighted by Crippen LogP contribution is 2.08. The van der Waals surface area contributed by atoms with Gasteiger partial charge in [-0.15, -0.1) is 0 Å². The summed E-state index contributed by atoms with van der Waals surface area (Å²) in [5.41, 5.74) is 0. The van der Waals surface area contributed by atoms with E-state index in [1.165, 1.54) is 4.90 Å². The van der Waals surface area contributed by atoms with Crippen LogP contribution in [0.3, 0.4) is 0 Å². The predicted octanol–water partition coefficient (Wildman–Crippen LogP) is -0.140. The predicted molar refractivity (Wildman–Crippen MR) is 63.5 cm³/mol. The molecule has 18 heavy (non-hydrogen) atoms. The van der Waals surface area contributed by atoms with E-state index in [0.717, 1.165) is 0 Å². The first kappa shape index (κ1) is 14.7. The molecule has 0 bridgehead atoms. The summed E-state index contributed by atoms with van der Waals surface area (Å²) in [7, 11) is 1.58. The zero-order valence-electron chi connectivity index (χ0n) is 10.8. The molecule has 1 unspecified atom stereocenters. The van der Waals surface area contributed by atoms with Crippen molar-refractivity contribution in [3.63, 3.8) is 0 Å². The Balaban J connectivity index is 2.55. The molecule has 0 aliphatic carbocycles. The van der Waals surface area contributed by atoms with Crippen LogP contribution in [-0.2, 0) is 14.3 Å². The molecule has 0 spiro atoms. The van der Waals surface area contributed by atoms with Gasteiger partial charge in [-0.2, -0.15) is 0 Å². The van der Waals surface area contributed by atoms with E-state index < -0.39 is 12.1 Å². The lowest BCUT2D eigenvalue weighted by atomic mass is 10.3. The van der Waals surface area contributed by atoms with Crippen molar-refractivity contribution < 1.29 is 24.2 Å². The zero-order valence-corrected chi connectivity index (χ0v) is 10.8. The fourth-order valence-electron chi connectivity index (χ4n) is 1.76. The number of carbonyl (C=O) groups excluding carboxylic acids is 1. The quantitative estimate of drug-likeness (QED) is 0.744. The highest BCUT2D eigenvalue weighted by atomic mass is 16.5. The normalized spacial score (nSPS) is 19.7. The lowest BCUT2D eigenvalue weighted by Gasteiger charge is -2.34. The van der Waals surface area contributed by atoms with Gasteiger partial charge in [-0.3, -0.25) is 0 Å². The second kappa shape index (κ2) is 7.17. The average Bonchev–Trinajstić information content (AvgIpc) is 2.39. The van der Waals surface area contributed by atoms with E-state index in [1.807, 2.05) is 6.92 Å². The number of likely N-dealkylation sites (N-methyl/N-ethyl adjacent to an activating group) is 1. The van der Waals surface area contributed by atoms with Crippen LogP contribution < -0.4 is 0 Å². The second-order valence-corrected chi connectivity index (χ2v) is 4.00. The van der Waals surface area contributed by atoms with Crippen molar-refractivity contribution in [3.8, 4) is 0 Å². The zero-order chi connectivity index (χ0) is 13.5. The lowest BCUT2D eigenvalue weighted by molar-refractivity contribution is -0.154. The van der Waals surface area contributed by atoms with Crippen LogP contribution in [0, 0.1) is 0 Å². The number of urea groups is 1. The molecule has 0 radical (unpaired) electrons. The SMILES string of the molecule is CCN(CCOC)C(=O)N1CCOC(C(=O)O)C1. The summed E-state index contributed by atoms with van der Waals surface area (Å²) in [6, 6.07) is -0.163.